The number of aliphatic imine (C=N–C) groups is 1. The molecule has 2 amide bonds. The van der Waals surface area contributed by atoms with E-state index in [2.05, 4.69) is 20.6 Å². The fourth-order valence-electron chi connectivity index (χ4n) is 4.58. The molecule has 2 N–H and O–H groups in total. The van der Waals surface area contributed by atoms with Crippen LogP contribution >= 0.6 is 0 Å². The van der Waals surface area contributed by atoms with E-state index in [-0.39, 0.29) is 18.7 Å². The molecule has 0 aliphatic carbocycles. The lowest BCUT2D eigenvalue weighted by molar-refractivity contribution is -0.127. The molecule has 3 aromatic rings. The zero-order valence-corrected chi connectivity index (χ0v) is 19.3. The molecular weight excluding hydrogens is 471 g/mol. The zero-order chi connectivity index (χ0) is 25.4. The Hall–Kier alpha value is -4.21. The number of nitrogens with zero attached hydrogens (tertiary/aromatic N) is 3. The van der Waals surface area contributed by atoms with Crippen molar-refractivity contribution >= 4 is 28.9 Å². The van der Waals surface area contributed by atoms with Crippen LogP contribution in [0.3, 0.4) is 0 Å². The van der Waals surface area contributed by atoms with Gasteiger partial charge in [0.2, 0.25) is 17.9 Å². The number of fused-ring (bicyclic) bond motifs is 1. The Morgan fingerprint density at radius 2 is 1.78 bits per heavy atom. The number of rotatable bonds is 4. The highest BCUT2D eigenvalue weighted by Gasteiger charge is 2.38. The molecule has 2 aliphatic heterocycles. The van der Waals surface area contributed by atoms with Gasteiger partial charge in [0.25, 0.3) is 11.9 Å². The third kappa shape index (κ3) is 4.19. The topological polar surface area (TPSA) is 86.7 Å². The van der Waals surface area contributed by atoms with Crippen molar-refractivity contribution in [2.45, 2.75) is 32.0 Å². The summed E-state index contributed by atoms with van der Waals surface area (Å²) in [5.41, 5.74) is 1.52. The van der Waals surface area contributed by atoms with E-state index in [0.717, 1.165) is 5.56 Å². The highest BCUT2D eigenvalue weighted by atomic mass is 19.2. The van der Waals surface area contributed by atoms with Crippen LogP contribution in [0.4, 0.5) is 24.5 Å². The SMILES string of the molecule is Cc1nc(F)c(F)c(N2CCC[C@H]2C(=O)N[C@H]2N=C(c3ccccc3)c3ccccc3NC2=O)c1F. The molecule has 0 unspecified atom stereocenters. The highest BCUT2D eigenvalue weighted by molar-refractivity contribution is 6.19. The summed E-state index contributed by atoms with van der Waals surface area (Å²) in [5, 5.41) is 5.40. The van der Waals surface area contributed by atoms with Gasteiger partial charge < -0.3 is 15.5 Å². The normalized spacial score (nSPS) is 19.3. The van der Waals surface area contributed by atoms with E-state index in [4.69, 9.17) is 0 Å². The molecule has 1 fully saturated rings. The number of para-hydroxylation sites is 1. The third-order valence-corrected chi connectivity index (χ3v) is 6.30. The first-order valence-corrected chi connectivity index (χ1v) is 11.5. The van der Waals surface area contributed by atoms with Crippen LogP contribution in [0.2, 0.25) is 0 Å². The number of carbonyl (C=O) groups excluding carboxylic acids is 2. The van der Waals surface area contributed by atoms with Crippen molar-refractivity contribution in [1.82, 2.24) is 10.3 Å². The van der Waals surface area contributed by atoms with Crippen LogP contribution in [0.5, 0.6) is 0 Å². The Kier molecular flexibility index (Phi) is 6.17. The molecule has 10 heteroatoms. The molecule has 3 heterocycles. The van der Waals surface area contributed by atoms with Crippen molar-refractivity contribution in [3.63, 3.8) is 0 Å². The van der Waals surface area contributed by atoms with Gasteiger partial charge in [-0.15, -0.1) is 0 Å². The molecule has 5 rings (SSSR count). The molecule has 0 radical (unpaired) electrons. The smallest absolute Gasteiger partial charge is 0.269 e. The number of aryl methyl sites for hydroxylation is 1. The van der Waals surface area contributed by atoms with Crippen LogP contribution < -0.4 is 15.5 Å². The van der Waals surface area contributed by atoms with Gasteiger partial charge >= 0.3 is 0 Å². The van der Waals surface area contributed by atoms with Gasteiger partial charge in [0.05, 0.1) is 17.1 Å². The van der Waals surface area contributed by atoms with Gasteiger partial charge in [-0.2, -0.15) is 8.78 Å². The molecule has 2 atom stereocenters. The van der Waals surface area contributed by atoms with E-state index in [1.165, 1.54) is 11.8 Å². The third-order valence-electron chi connectivity index (χ3n) is 6.30. The van der Waals surface area contributed by atoms with Crippen LogP contribution in [-0.4, -0.2) is 41.3 Å². The quantitative estimate of drug-likeness (QED) is 0.543. The van der Waals surface area contributed by atoms with Crippen LogP contribution in [0.1, 0.15) is 29.7 Å². The molecule has 184 valence electrons. The number of hydrogen-bond donors (Lipinski definition) is 2. The van der Waals surface area contributed by atoms with Gasteiger partial charge in [-0.1, -0.05) is 48.5 Å². The number of carbonyl (C=O) groups is 2. The Balaban J connectivity index is 1.48. The van der Waals surface area contributed by atoms with Crippen LogP contribution in [0.25, 0.3) is 0 Å². The summed E-state index contributed by atoms with van der Waals surface area (Å²) in [6.45, 7) is 1.36. The first-order valence-electron chi connectivity index (χ1n) is 11.5. The Bertz CT molecular complexity index is 1350. The number of anilines is 2. The molecular formula is C26H22F3N5O2. The average Bonchev–Trinajstić information content (AvgIpc) is 3.31. The summed E-state index contributed by atoms with van der Waals surface area (Å²) in [7, 11) is 0. The van der Waals surface area contributed by atoms with Gasteiger partial charge in [0, 0.05) is 17.7 Å². The van der Waals surface area contributed by atoms with Crippen molar-refractivity contribution in [1.29, 1.82) is 0 Å². The van der Waals surface area contributed by atoms with Crippen molar-refractivity contribution in [2.24, 2.45) is 4.99 Å². The fourth-order valence-corrected chi connectivity index (χ4v) is 4.58. The molecule has 1 aromatic heterocycles. The number of pyridine rings is 1. The van der Waals surface area contributed by atoms with E-state index >= 15 is 0 Å². The number of amides is 2. The van der Waals surface area contributed by atoms with Gasteiger partial charge in [-0.3, -0.25) is 9.59 Å². The molecule has 0 bridgehead atoms. The average molecular weight is 493 g/mol. The monoisotopic (exact) mass is 493 g/mol. The summed E-state index contributed by atoms with van der Waals surface area (Å²) < 4.78 is 43.3. The molecule has 2 aromatic carbocycles. The van der Waals surface area contributed by atoms with Gasteiger partial charge in [0.15, 0.2) is 5.82 Å². The second-order valence-electron chi connectivity index (χ2n) is 8.61. The number of nitrogens with one attached hydrogen (secondary N) is 2. The second kappa shape index (κ2) is 9.44. The lowest BCUT2D eigenvalue weighted by atomic mass is 10.0. The Morgan fingerprint density at radius 1 is 1.06 bits per heavy atom. The van der Waals surface area contributed by atoms with Crippen molar-refractivity contribution in [3.8, 4) is 0 Å². The number of benzodiazepines with no additional fused rings is 1. The molecule has 0 saturated carbocycles. The minimum Gasteiger partial charge on any atom is -0.355 e. The molecule has 1 saturated heterocycles. The Labute approximate surface area is 205 Å². The molecule has 0 spiro atoms. The lowest BCUT2D eigenvalue weighted by Crippen LogP contribution is -2.50. The fraction of sp³-hybridized carbons (Fsp3) is 0.231. The molecule has 36 heavy (non-hydrogen) atoms. The largest absolute Gasteiger partial charge is 0.355 e. The number of aromatic nitrogens is 1. The van der Waals surface area contributed by atoms with Crippen LogP contribution in [0, 0.1) is 24.5 Å². The molecule has 2 aliphatic rings. The Morgan fingerprint density at radius 3 is 2.56 bits per heavy atom. The van der Waals surface area contributed by atoms with E-state index in [9.17, 15) is 22.8 Å². The maximum absolute atomic E-state index is 14.8. The highest BCUT2D eigenvalue weighted by Crippen LogP contribution is 2.33. The van der Waals surface area contributed by atoms with E-state index in [0.29, 0.717) is 23.4 Å². The minimum absolute atomic E-state index is 0.135. The first kappa shape index (κ1) is 23.5. The summed E-state index contributed by atoms with van der Waals surface area (Å²) in [6.07, 6.45) is -0.591. The summed E-state index contributed by atoms with van der Waals surface area (Å²) in [5.74, 6) is -5.13. The van der Waals surface area contributed by atoms with E-state index in [1.807, 2.05) is 42.5 Å². The van der Waals surface area contributed by atoms with Crippen molar-refractivity contribution < 1.29 is 22.8 Å². The minimum atomic E-state index is -1.45. The zero-order valence-electron chi connectivity index (χ0n) is 19.3. The predicted octanol–water partition coefficient (Wildman–Crippen LogP) is 3.71. The van der Waals surface area contributed by atoms with Crippen molar-refractivity contribution in [2.75, 3.05) is 16.8 Å². The van der Waals surface area contributed by atoms with Gasteiger partial charge in [-0.25, -0.2) is 14.4 Å². The first-order chi connectivity index (χ1) is 17.3. The lowest BCUT2D eigenvalue weighted by Gasteiger charge is -2.27. The van der Waals surface area contributed by atoms with E-state index in [1.54, 1.807) is 12.1 Å². The number of benzene rings is 2. The van der Waals surface area contributed by atoms with Gasteiger partial charge in [-0.05, 0) is 25.8 Å². The maximum Gasteiger partial charge on any atom is 0.269 e. The van der Waals surface area contributed by atoms with Gasteiger partial charge in [0.1, 0.15) is 11.7 Å². The standard InChI is InChI=1S/C26H22F3N5O2/c1-14-19(27)22(20(28)23(29)30-14)34-13-7-12-18(34)25(35)33-24-26(36)31-17-11-6-5-10-16(17)21(32-24)15-8-3-2-4-9-15/h2-6,8-11,18,24H,7,12-13H2,1H3,(H,31,36)(H,33,35)/t18-,24+/m0/s1. The van der Waals surface area contributed by atoms with Crippen LogP contribution in [-0.2, 0) is 9.59 Å². The van der Waals surface area contributed by atoms with Crippen LogP contribution in [0.15, 0.2) is 59.6 Å². The number of hydrogen-bond acceptors (Lipinski definition) is 5. The van der Waals surface area contributed by atoms with E-state index < -0.39 is 47.3 Å². The van der Waals surface area contributed by atoms with Crippen molar-refractivity contribution in [3.05, 3.63) is 89.0 Å². The summed E-state index contributed by atoms with van der Waals surface area (Å²) >= 11 is 0. The molecule has 7 nitrogen and oxygen atoms in total. The summed E-state index contributed by atoms with van der Waals surface area (Å²) in [4.78, 5) is 35.3. The summed E-state index contributed by atoms with van der Waals surface area (Å²) in [6, 6.07) is 15.3. The second-order valence-corrected chi connectivity index (χ2v) is 8.61. The predicted molar refractivity (Wildman–Crippen MR) is 128 cm³/mol. The maximum atomic E-state index is 14.8. The number of halogens is 3.